The van der Waals surface area contributed by atoms with Crippen LogP contribution in [0.15, 0.2) is 30.5 Å². The van der Waals surface area contributed by atoms with Gasteiger partial charge < -0.3 is 4.90 Å². The predicted molar refractivity (Wildman–Crippen MR) is 121 cm³/mol. The van der Waals surface area contributed by atoms with Gasteiger partial charge in [0.25, 0.3) is 0 Å². The van der Waals surface area contributed by atoms with Gasteiger partial charge in [0.05, 0.1) is 10.7 Å². The lowest BCUT2D eigenvalue weighted by molar-refractivity contribution is -0.128. The van der Waals surface area contributed by atoms with Crippen molar-refractivity contribution in [1.82, 2.24) is 14.8 Å². The Kier molecular flexibility index (Phi) is 7.62. The van der Waals surface area contributed by atoms with E-state index in [1.807, 2.05) is 25.1 Å². The quantitative estimate of drug-likeness (QED) is 0.572. The summed E-state index contributed by atoms with van der Waals surface area (Å²) in [4.78, 5) is 20.0. The first-order valence-electron chi connectivity index (χ1n) is 10.4. The number of carbonyl (C=O) groups is 1. The molecule has 2 heterocycles. The number of carbonyl (C=O) groups excluding carboxylic acids is 1. The lowest BCUT2D eigenvalue weighted by atomic mass is 10.00. The molecule has 1 aromatic carbocycles. The minimum atomic E-state index is -0.377. The fourth-order valence-corrected chi connectivity index (χ4v) is 3.83. The number of aryl methyl sites for hydroxylation is 1. The van der Waals surface area contributed by atoms with Gasteiger partial charge in [-0.3, -0.25) is 14.7 Å². The Morgan fingerprint density at radius 2 is 2.10 bits per heavy atom. The van der Waals surface area contributed by atoms with Gasteiger partial charge in [0.2, 0.25) is 5.91 Å². The topological polar surface area (TPSA) is 36.4 Å². The summed E-state index contributed by atoms with van der Waals surface area (Å²) < 4.78 is 14.8. The Bertz CT molecular complexity index is 942. The molecular formula is C24H29ClFN3O. The zero-order valence-corrected chi connectivity index (χ0v) is 18.7. The summed E-state index contributed by atoms with van der Waals surface area (Å²) in [6.07, 6.45) is 6.61. The zero-order valence-electron chi connectivity index (χ0n) is 17.9. The molecular weight excluding hydrogens is 401 g/mol. The molecule has 1 amide bonds. The second kappa shape index (κ2) is 10.2. The van der Waals surface area contributed by atoms with Crippen LogP contribution in [0.5, 0.6) is 0 Å². The minimum Gasteiger partial charge on any atom is -0.349 e. The fraction of sp³-hybridized carbons (Fsp3) is 0.417. The van der Waals surface area contributed by atoms with Crippen LogP contribution >= 0.6 is 11.6 Å². The van der Waals surface area contributed by atoms with Gasteiger partial charge in [-0.25, -0.2) is 4.39 Å². The number of unbranched alkanes of at least 4 members (excludes halogenated alkanes) is 1. The highest BCUT2D eigenvalue weighted by atomic mass is 35.5. The third-order valence-corrected chi connectivity index (χ3v) is 6.05. The van der Waals surface area contributed by atoms with Gasteiger partial charge in [0.1, 0.15) is 5.83 Å². The molecule has 0 atom stereocenters. The monoisotopic (exact) mass is 429 g/mol. The standard InChI is InChI=1S/C24H29ClFN3O/c1-17-7-6-8-19(24(17)25)13-21(26)22-14-18-10-12-29(16-20(18)15-27-22)11-5-4-9-23(30)28(2)3/h6-8,13-15H,4-5,9-12,16H2,1-3H3/b21-13-. The van der Waals surface area contributed by atoms with Crippen molar-refractivity contribution in [2.45, 2.75) is 39.2 Å². The number of aromatic nitrogens is 1. The molecule has 0 radical (unpaired) electrons. The molecule has 0 bridgehead atoms. The van der Waals surface area contributed by atoms with Gasteiger partial charge in [-0.1, -0.05) is 29.8 Å². The van der Waals surface area contributed by atoms with Crippen molar-refractivity contribution in [1.29, 1.82) is 0 Å². The third-order valence-electron chi connectivity index (χ3n) is 5.54. The first-order chi connectivity index (χ1) is 14.3. The lowest BCUT2D eigenvalue weighted by Crippen LogP contribution is -2.31. The Hall–Kier alpha value is -2.24. The van der Waals surface area contributed by atoms with E-state index in [1.165, 1.54) is 6.08 Å². The van der Waals surface area contributed by atoms with E-state index in [4.69, 9.17) is 11.6 Å². The van der Waals surface area contributed by atoms with Crippen molar-refractivity contribution in [2.75, 3.05) is 27.2 Å². The van der Waals surface area contributed by atoms with E-state index in [-0.39, 0.29) is 11.7 Å². The van der Waals surface area contributed by atoms with Crippen LogP contribution in [0.2, 0.25) is 5.02 Å². The van der Waals surface area contributed by atoms with Gasteiger partial charge >= 0.3 is 0 Å². The number of pyridine rings is 1. The van der Waals surface area contributed by atoms with Crippen LogP contribution < -0.4 is 0 Å². The van der Waals surface area contributed by atoms with Crippen molar-refractivity contribution in [2.24, 2.45) is 0 Å². The molecule has 0 aliphatic carbocycles. The molecule has 30 heavy (non-hydrogen) atoms. The molecule has 2 aromatic rings. The average Bonchev–Trinajstić information content (AvgIpc) is 2.73. The molecule has 0 spiro atoms. The number of hydrogen-bond donors (Lipinski definition) is 0. The van der Waals surface area contributed by atoms with Gasteiger partial charge in [-0.2, -0.15) is 0 Å². The SMILES string of the molecule is Cc1cccc(/C=C(\F)c2cc3c(cn2)CN(CCCCC(=O)N(C)C)CC3)c1Cl. The molecule has 1 aliphatic rings. The minimum absolute atomic E-state index is 0.178. The number of amides is 1. The number of hydrogen-bond acceptors (Lipinski definition) is 3. The third kappa shape index (κ3) is 5.67. The predicted octanol–water partition coefficient (Wildman–Crippen LogP) is 5.13. The van der Waals surface area contributed by atoms with Gasteiger partial charge in [-0.15, -0.1) is 0 Å². The smallest absolute Gasteiger partial charge is 0.222 e. The molecule has 4 nitrogen and oxygen atoms in total. The van der Waals surface area contributed by atoms with E-state index in [0.717, 1.165) is 55.6 Å². The van der Waals surface area contributed by atoms with Crippen LogP contribution in [0.4, 0.5) is 4.39 Å². The maximum atomic E-state index is 14.8. The Labute approximate surface area is 183 Å². The number of benzene rings is 1. The fourth-order valence-electron chi connectivity index (χ4n) is 3.65. The van der Waals surface area contributed by atoms with Gasteiger partial charge in [-0.05, 0) is 67.1 Å². The molecule has 0 N–H and O–H groups in total. The zero-order chi connectivity index (χ0) is 21.7. The lowest BCUT2D eigenvalue weighted by Gasteiger charge is -2.28. The summed E-state index contributed by atoms with van der Waals surface area (Å²) in [6, 6.07) is 7.43. The van der Waals surface area contributed by atoms with E-state index in [9.17, 15) is 9.18 Å². The Morgan fingerprint density at radius 3 is 2.87 bits per heavy atom. The summed E-state index contributed by atoms with van der Waals surface area (Å²) in [6.45, 7) is 4.62. The van der Waals surface area contributed by atoms with Crippen molar-refractivity contribution < 1.29 is 9.18 Å². The second-order valence-corrected chi connectivity index (χ2v) is 8.46. The van der Waals surface area contributed by atoms with E-state index in [1.54, 1.807) is 31.3 Å². The molecule has 1 aromatic heterocycles. The average molecular weight is 430 g/mol. The van der Waals surface area contributed by atoms with Crippen molar-refractivity contribution in [3.05, 3.63) is 63.4 Å². The highest BCUT2D eigenvalue weighted by Gasteiger charge is 2.18. The second-order valence-electron chi connectivity index (χ2n) is 8.08. The number of nitrogens with zero attached hydrogens (tertiary/aromatic N) is 3. The molecule has 0 saturated heterocycles. The molecule has 160 valence electrons. The number of rotatable bonds is 7. The van der Waals surface area contributed by atoms with E-state index in [0.29, 0.717) is 22.7 Å². The molecule has 3 rings (SSSR count). The summed E-state index contributed by atoms with van der Waals surface area (Å²) in [5.74, 6) is -0.198. The van der Waals surface area contributed by atoms with Crippen LogP contribution in [0.25, 0.3) is 11.9 Å². The van der Waals surface area contributed by atoms with Crippen LogP contribution in [0.3, 0.4) is 0 Å². The van der Waals surface area contributed by atoms with Gasteiger partial charge in [0, 0.05) is 39.8 Å². The summed E-state index contributed by atoms with van der Waals surface area (Å²) in [5, 5.41) is 0.563. The largest absolute Gasteiger partial charge is 0.349 e. The van der Waals surface area contributed by atoms with Crippen LogP contribution in [0, 0.1) is 6.92 Å². The summed E-state index contributed by atoms with van der Waals surface area (Å²) in [7, 11) is 3.58. The van der Waals surface area contributed by atoms with Crippen LogP contribution in [-0.2, 0) is 17.8 Å². The summed E-state index contributed by atoms with van der Waals surface area (Å²) in [5.41, 5.74) is 4.23. The first kappa shape index (κ1) is 22.4. The van der Waals surface area contributed by atoms with E-state index in [2.05, 4.69) is 9.88 Å². The maximum Gasteiger partial charge on any atom is 0.222 e. The van der Waals surface area contributed by atoms with Crippen molar-refractivity contribution in [3.63, 3.8) is 0 Å². The molecule has 6 heteroatoms. The molecule has 0 saturated carbocycles. The normalized spacial score (nSPS) is 14.5. The van der Waals surface area contributed by atoms with Gasteiger partial charge in [0.15, 0.2) is 0 Å². The highest BCUT2D eigenvalue weighted by molar-refractivity contribution is 6.33. The molecule has 0 fully saturated rings. The van der Waals surface area contributed by atoms with Crippen molar-refractivity contribution in [3.8, 4) is 0 Å². The van der Waals surface area contributed by atoms with E-state index >= 15 is 0 Å². The number of halogens is 2. The summed E-state index contributed by atoms with van der Waals surface area (Å²) >= 11 is 6.28. The first-order valence-corrected chi connectivity index (χ1v) is 10.8. The van der Waals surface area contributed by atoms with Crippen LogP contribution in [0.1, 0.15) is 47.2 Å². The Balaban J connectivity index is 1.60. The Morgan fingerprint density at radius 1 is 1.30 bits per heavy atom. The highest BCUT2D eigenvalue weighted by Crippen LogP contribution is 2.27. The van der Waals surface area contributed by atoms with E-state index < -0.39 is 0 Å². The maximum absolute atomic E-state index is 14.8. The van der Waals surface area contributed by atoms with Crippen molar-refractivity contribution >= 4 is 29.4 Å². The number of fused-ring (bicyclic) bond motifs is 1. The molecule has 0 unspecified atom stereocenters. The van der Waals surface area contributed by atoms with Crippen LogP contribution in [-0.4, -0.2) is 47.9 Å². The molecule has 1 aliphatic heterocycles.